The Hall–Kier alpha value is -3.41. The molecule has 12 nitrogen and oxygen atoms in total. The van der Waals surface area contributed by atoms with Crippen molar-refractivity contribution in [1.29, 1.82) is 5.26 Å². The number of nitrogens with zero attached hydrogens (tertiary/aromatic N) is 8. The van der Waals surface area contributed by atoms with Crippen LogP contribution in [-0.4, -0.2) is 80.5 Å². The lowest BCUT2D eigenvalue weighted by Gasteiger charge is -2.59. The molecular weight excluding hydrogens is 571 g/mol. The van der Waals surface area contributed by atoms with Gasteiger partial charge in [0.05, 0.1) is 16.5 Å². The fraction of sp³-hybridized carbons (Fsp3) is 0.655. The van der Waals surface area contributed by atoms with Gasteiger partial charge in [-0.15, -0.1) is 11.3 Å². The second kappa shape index (κ2) is 9.54. The van der Waals surface area contributed by atoms with E-state index in [0.717, 1.165) is 75.0 Å². The van der Waals surface area contributed by atoms with Gasteiger partial charge in [0.15, 0.2) is 0 Å². The molecule has 43 heavy (non-hydrogen) atoms. The first-order valence-electron chi connectivity index (χ1n) is 15.2. The first kappa shape index (κ1) is 27.2. The van der Waals surface area contributed by atoms with Crippen LogP contribution in [0.3, 0.4) is 0 Å². The van der Waals surface area contributed by atoms with E-state index in [0.29, 0.717) is 42.0 Å². The van der Waals surface area contributed by atoms with Crippen LogP contribution in [-0.2, 0) is 11.8 Å². The first-order valence-corrected chi connectivity index (χ1v) is 16.0. The molecule has 0 aromatic carbocycles. The number of nitriles is 1. The van der Waals surface area contributed by atoms with E-state index in [9.17, 15) is 9.65 Å². The maximum atomic E-state index is 14.4. The summed E-state index contributed by atoms with van der Waals surface area (Å²) in [4.78, 5) is 24.2. The highest BCUT2D eigenvalue weighted by molar-refractivity contribution is 7.16. The lowest BCUT2D eigenvalue weighted by atomic mass is 9.60. The molecule has 0 amide bonds. The number of hydrogen-bond acceptors (Lipinski definition) is 13. The van der Waals surface area contributed by atoms with Crippen molar-refractivity contribution in [2.45, 2.75) is 81.5 Å². The minimum Gasteiger partial charge on any atom is -0.461 e. The highest BCUT2D eigenvalue weighted by Gasteiger charge is 2.54. The van der Waals surface area contributed by atoms with Crippen molar-refractivity contribution in [2.75, 3.05) is 43.4 Å². The summed E-state index contributed by atoms with van der Waals surface area (Å²) in [6.45, 7) is 5.20. The van der Waals surface area contributed by atoms with Gasteiger partial charge in [0.2, 0.25) is 23.5 Å². The van der Waals surface area contributed by atoms with Crippen molar-refractivity contribution in [1.82, 2.24) is 30.0 Å². The van der Waals surface area contributed by atoms with Crippen LogP contribution in [0.2, 0.25) is 0 Å². The molecule has 3 aromatic rings. The Bertz CT molecular complexity index is 1630. The molecule has 3 aromatic heterocycles. The molecule has 14 heteroatoms. The molecule has 6 heterocycles. The maximum absolute atomic E-state index is 14.4. The largest absolute Gasteiger partial charge is 0.461 e. The Balaban J connectivity index is 1.12. The van der Waals surface area contributed by atoms with Gasteiger partial charge >= 0.3 is 6.01 Å². The molecule has 3 saturated heterocycles. The summed E-state index contributed by atoms with van der Waals surface area (Å²) >= 11 is 1.46. The Labute approximate surface area is 252 Å². The fourth-order valence-corrected chi connectivity index (χ4v) is 9.31. The van der Waals surface area contributed by atoms with Crippen LogP contribution >= 0.6 is 11.3 Å². The number of rotatable bonds is 6. The van der Waals surface area contributed by atoms with Gasteiger partial charge < -0.3 is 25.6 Å². The molecule has 4 fully saturated rings. The van der Waals surface area contributed by atoms with Crippen LogP contribution < -0.4 is 21.1 Å². The van der Waals surface area contributed by atoms with E-state index in [1.54, 1.807) is 0 Å². The smallest absolute Gasteiger partial charge is 0.321 e. The van der Waals surface area contributed by atoms with E-state index in [-0.39, 0.29) is 34.7 Å². The highest BCUT2D eigenvalue weighted by atomic mass is 32.1. The molecular formula is C29H35FN10O2S. The zero-order valence-corrected chi connectivity index (χ0v) is 25.0. The summed E-state index contributed by atoms with van der Waals surface area (Å²) in [5.74, 6) is 1.34. The van der Waals surface area contributed by atoms with E-state index >= 15 is 0 Å². The molecule has 1 saturated carbocycles. The number of thiophene rings is 1. The number of aromatic nitrogens is 5. The second-order valence-electron chi connectivity index (χ2n) is 13.3. The molecule has 0 bridgehead atoms. The molecule has 2 aliphatic carbocycles. The molecule has 4 atom stereocenters. The van der Waals surface area contributed by atoms with E-state index < -0.39 is 11.6 Å². The van der Waals surface area contributed by atoms with Crippen LogP contribution in [0, 0.1) is 16.7 Å². The van der Waals surface area contributed by atoms with Crippen LogP contribution in [0.25, 0.3) is 11.6 Å². The zero-order chi connectivity index (χ0) is 29.6. The van der Waals surface area contributed by atoms with E-state index in [1.807, 2.05) is 6.92 Å². The molecule has 5 aliphatic rings. The molecule has 3 aliphatic heterocycles. The number of aryl methyl sites for hydroxylation is 1. The molecule has 3 unspecified atom stereocenters. The predicted octanol–water partition coefficient (Wildman–Crippen LogP) is 2.96. The standard InChI is InChI=1S/C29H35FN10O2S/c1-27(6-2-4-18-20(27)17(11-31)21(33)43-18)24-34-23(38-42-24)22-35-25(39-13-28(14-39)8-5-19(28)32)37-26(36-22)41-15-29-7-3-9-40(29)12-16(30)10-29/h16,19H,2-10,12-15,32-33H2,1H3/t16-,19?,27?,29?/m1/s1. The van der Waals surface area contributed by atoms with E-state index in [1.165, 1.54) is 11.3 Å². The van der Waals surface area contributed by atoms with Gasteiger partial charge in [-0.25, -0.2) is 4.39 Å². The Morgan fingerprint density at radius 1 is 1.16 bits per heavy atom. The van der Waals surface area contributed by atoms with Gasteiger partial charge in [-0.3, -0.25) is 4.90 Å². The number of hydrogen-bond donors (Lipinski definition) is 2. The molecule has 0 radical (unpaired) electrons. The lowest BCUT2D eigenvalue weighted by Crippen LogP contribution is -2.69. The van der Waals surface area contributed by atoms with Crippen LogP contribution in [0.5, 0.6) is 6.01 Å². The summed E-state index contributed by atoms with van der Waals surface area (Å²) in [6, 6.07) is 2.64. The molecule has 4 N–H and O–H groups in total. The van der Waals surface area contributed by atoms with Gasteiger partial charge in [0.1, 0.15) is 23.8 Å². The quantitative estimate of drug-likeness (QED) is 0.421. The van der Waals surface area contributed by atoms with Crippen molar-refractivity contribution in [3.05, 3.63) is 21.9 Å². The summed E-state index contributed by atoms with van der Waals surface area (Å²) in [5.41, 5.74) is 13.0. The zero-order valence-electron chi connectivity index (χ0n) is 24.2. The number of fused-ring (bicyclic) bond motifs is 2. The average molecular weight is 607 g/mol. The number of nitrogen functional groups attached to an aromatic ring is 1. The summed E-state index contributed by atoms with van der Waals surface area (Å²) in [7, 11) is 0. The third-order valence-electron chi connectivity index (χ3n) is 10.7. The number of nitrogens with two attached hydrogens (primary N) is 2. The molecule has 226 valence electrons. The average Bonchev–Trinajstić information content (AvgIpc) is 3.73. The maximum Gasteiger partial charge on any atom is 0.321 e. The van der Waals surface area contributed by atoms with Crippen LogP contribution in [0.15, 0.2) is 4.52 Å². The van der Waals surface area contributed by atoms with E-state index in [4.69, 9.17) is 30.7 Å². The van der Waals surface area contributed by atoms with Crippen molar-refractivity contribution in [3.8, 4) is 23.7 Å². The Kier molecular flexibility index (Phi) is 6.03. The minimum atomic E-state index is -0.850. The van der Waals surface area contributed by atoms with Crippen molar-refractivity contribution in [3.63, 3.8) is 0 Å². The van der Waals surface area contributed by atoms with Crippen molar-refractivity contribution in [2.24, 2.45) is 11.1 Å². The predicted molar refractivity (Wildman–Crippen MR) is 156 cm³/mol. The summed E-state index contributed by atoms with van der Waals surface area (Å²) in [5, 5.41) is 14.7. The van der Waals surface area contributed by atoms with Gasteiger partial charge in [-0.05, 0) is 58.4 Å². The Morgan fingerprint density at radius 3 is 2.79 bits per heavy atom. The SMILES string of the molecule is CC1(c2nc(-c3nc(OCC45CCCN4C[C@H](F)C5)nc(N4CC5(CCC5N)C4)n3)no2)CCCc2sc(N)c(C#N)c21. The number of anilines is 2. The molecule has 8 rings (SSSR count). The topological polar surface area (TPSA) is 169 Å². The van der Waals surface area contributed by atoms with Gasteiger partial charge in [-0.2, -0.15) is 25.2 Å². The third-order valence-corrected chi connectivity index (χ3v) is 11.8. The monoisotopic (exact) mass is 606 g/mol. The number of ether oxygens (including phenoxy) is 1. The van der Waals surface area contributed by atoms with Crippen LogP contribution in [0.4, 0.5) is 15.3 Å². The Morgan fingerprint density at radius 2 is 2.02 bits per heavy atom. The molecule has 1 spiro atoms. The van der Waals surface area contributed by atoms with E-state index in [2.05, 4.69) is 31.0 Å². The number of halogens is 1. The minimum absolute atomic E-state index is 0.116. The van der Waals surface area contributed by atoms with Crippen LogP contribution in [0.1, 0.15) is 73.8 Å². The second-order valence-corrected chi connectivity index (χ2v) is 14.5. The first-order chi connectivity index (χ1) is 20.7. The number of alkyl halides is 1. The van der Waals surface area contributed by atoms with Crippen molar-refractivity contribution < 1.29 is 13.7 Å². The third kappa shape index (κ3) is 4.08. The fourth-order valence-electron chi connectivity index (χ4n) is 8.11. The van der Waals surface area contributed by atoms with Gasteiger partial charge in [-0.1, -0.05) is 5.16 Å². The lowest BCUT2D eigenvalue weighted by molar-refractivity contribution is 0.0547. The van der Waals surface area contributed by atoms with Crippen molar-refractivity contribution >= 4 is 22.3 Å². The summed E-state index contributed by atoms with van der Waals surface area (Å²) in [6.07, 6.45) is 6.17. The summed E-state index contributed by atoms with van der Waals surface area (Å²) < 4.78 is 26.5. The van der Waals surface area contributed by atoms with Gasteiger partial charge in [0.25, 0.3) is 0 Å². The normalized spacial score (nSPS) is 30.9. The van der Waals surface area contributed by atoms with Gasteiger partial charge in [0, 0.05) is 48.0 Å². The highest BCUT2D eigenvalue weighted by Crippen LogP contribution is 2.50.